The van der Waals surface area contributed by atoms with Gasteiger partial charge in [-0.3, -0.25) is 0 Å². The van der Waals surface area contributed by atoms with E-state index in [1.54, 1.807) is 11.3 Å². The summed E-state index contributed by atoms with van der Waals surface area (Å²) in [6, 6.07) is 6.57. The summed E-state index contributed by atoms with van der Waals surface area (Å²) in [5, 5.41) is 4.56. The van der Waals surface area contributed by atoms with Gasteiger partial charge in [-0.05, 0) is 38.6 Å². The minimum absolute atomic E-state index is 0.271. The Kier molecular flexibility index (Phi) is 5.17. The molecule has 0 amide bonds. The standard InChI is InChI=1S/C14H16Br2N2S/c1-8-9(2)19-14(18-8)7-13(17-3)11-5-4-10(15)6-12(11)16/h4-6,13,17H,7H2,1-3H3. The lowest BCUT2D eigenvalue weighted by molar-refractivity contribution is 0.587. The van der Waals surface area contributed by atoms with Gasteiger partial charge >= 0.3 is 0 Å². The first-order chi connectivity index (χ1) is 9.01. The van der Waals surface area contributed by atoms with Crippen LogP contribution in [-0.2, 0) is 6.42 Å². The molecule has 0 radical (unpaired) electrons. The zero-order valence-electron chi connectivity index (χ0n) is 11.1. The van der Waals surface area contributed by atoms with Crippen LogP contribution in [0.25, 0.3) is 0 Å². The Morgan fingerprint density at radius 1 is 1.32 bits per heavy atom. The molecule has 19 heavy (non-hydrogen) atoms. The first-order valence-corrected chi connectivity index (χ1v) is 8.46. The van der Waals surface area contributed by atoms with Crippen molar-refractivity contribution in [2.24, 2.45) is 0 Å². The summed E-state index contributed by atoms with van der Waals surface area (Å²) in [5.74, 6) is 0. The van der Waals surface area contributed by atoms with Crippen molar-refractivity contribution >= 4 is 43.2 Å². The zero-order valence-corrected chi connectivity index (χ0v) is 15.1. The lowest BCUT2D eigenvalue weighted by Crippen LogP contribution is -2.19. The van der Waals surface area contributed by atoms with Gasteiger partial charge in [0.2, 0.25) is 0 Å². The number of benzene rings is 1. The quantitative estimate of drug-likeness (QED) is 0.793. The fraction of sp³-hybridized carbons (Fsp3) is 0.357. The van der Waals surface area contributed by atoms with E-state index in [1.807, 2.05) is 7.05 Å². The SMILES string of the molecule is CNC(Cc1nc(C)c(C)s1)c1ccc(Br)cc1Br. The van der Waals surface area contributed by atoms with E-state index in [1.165, 1.54) is 15.4 Å². The summed E-state index contributed by atoms with van der Waals surface area (Å²) >= 11 is 8.91. The molecule has 0 aliphatic carbocycles. The molecule has 2 rings (SSSR count). The number of nitrogens with one attached hydrogen (secondary N) is 1. The van der Waals surface area contributed by atoms with Crippen LogP contribution in [0.1, 0.15) is 27.2 Å². The zero-order chi connectivity index (χ0) is 14.0. The molecule has 1 atom stereocenters. The number of aromatic nitrogens is 1. The Morgan fingerprint density at radius 2 is 2.05 bits per heavy atom. The Labute approximate surface area is 134 Å². The molecule has 2 aromatic rings. The largest absolute Gasteiger partial charge is 0.313 e. The molecule has 0 bridgehead atoms. The molecule has 0 aliphatic rings. The van der Waals surface area contributed by atoms with E-state index in [0.29, 0.717) is 0 Å². The van der Waals surface area contributed by atoms with Crippen molar-refractivity contribution in [1.29, 1.82) is 0 Å². The van der Waals surface area contributed by atoms with Crippen LogP contribution >= 0.6 is 43.2 Å². The number of hydrogen-bond acceptors (Lipinski definition) is 3. The van der Waals surface area contributed by atoms with E-state index in [2.05, 4.69) is 74.2 Å². The second-order valence-corrected chi connectivity index (χ2v) is 7.52. The van der Waals surface area contributed by atoms with Crippen LogP contribution in [0.5, 0.6) is 0 Å². The van der Waals surface area contributed by atoms with Gasteiger partial charge in [-0.1, -0.05) is 37.9 Å². The third kappa shape index (κ3) is 3.66. The van der Waals surface area contributed by atoms with Crippen molar-refractivity contribution in [3.63, 3.8) is 0 Å². The maximum atomic E-state index is 4.62. The van der Waals surface area contributed by atoms with E-state index in [-0.39, 0.29) is 6.04 Å². The topological polar surface area (TPSA) is 24.9 Å². The fourth-order valence-corrected chi connectivity index (χ4v) is 4.26. The molecule has 102 valence electrons. The first kappa shape index (κ1) is 15.2. The first-order valence-electron chi connectivity index (χ1n) is 6.06. The van der Waals surface area contributed by atoms with Crippen LogP contribution in [0.3, 0.4) is 0 Å². The summed E-state index contributed by atoms with van der Waals surface area (Å²) in [4.78, 5) is 5.93. The number of aryl methyl sites for hydroxylation is 2. The highest BCUT2D eigenvalue weighted by Crippen LogP contribution is 2.30. The molecule has 0 saturated carbocycles. The van der Waals surface area contributed by atoms with Gasteiger partial charge in [0.05, 0.1) is 10.7 Å². The summed E-state index contributed by atoms with van der Waals surface area (Å²) in [5.41, 5.74) is 2.40. The monoisotopic (exact) mass is 402 g/mol. The van der Waals surface area contributed by atoms with Crippen LogP contribution in [0.4, 0.5) is 0 Å². The molecular weight excluding hydrogens is 388 g/mol. The fourth-order valence-electron chi connectivity index (χ4n) is 1.95. The lowest BCUT2D eigenvalue weighted by atomic mass is 10.0. The lowest BCUT2D eigenvalue weighted by Gasteiger charge is -2.17. The van der Waals surface area contributed by atoms with Crippen molar-refractivity contribution in [1.82, 2.24) is 10.3 Å². The molecule has 0 saturated heterocycles. The summed E-state index contributed by atoms with van der Waals surface area (Å²) < 4.78 is 2.20. The Bertz CT molecular complexity index is 561. The minimum Gasteiger partial charge on any atom is -0.313 e. The molecule has 0 spiro atoms. The van der Waals surface area contributed by atoms with Crippen LogP contribution < -0.4 is 5.32 Å². The highest BCUT2D eigenvalue weighted by atomic mass is 79.9. The average molecular weight is 404 g/mol. The Balaban J connectivity index is 2.24. The Morgan fingerprint density at radius 3 is 2.58 bits per heavy atom. The molecule has 0 fully saturated rings. The van der Waals surface area contributed by atoms with Crippen LogP contribution in [0.2, 0.25) is 0 Å². The van der Waals surface area contributed by atoms with Crippen molar-refractivity contribution in [2.45, 2.75) is 26.3 Å². The third-order valence-electron chi connectivity index (χ3n) is 3.14. The number of rotatable bonds is 4. The molecule has 1 aromatic heterocycles. The van der Waals surface area contributed by atoms with Gasteiger partial charge in [0.15, 0.2) is 0 Å². The molecule has 1 unspecified atom stereocenters. The molecular formula is C14H16Br2N2S. The highest BCUT2D eigenvalue weighted by molar-refractivity contribution is 9.11. The molecule has 5 heteroatoms. The maximum absolute atomic E-state index is 4.62. The van der Waals surface area contributed by atoms with Crippen LogP contribution in [-0.4, -0.2) is 12.0 Å². The molecule has 1 aromatic carbocycles. The number of nitrogens with zero attached hydrogens (tertiary/aromatic N) is 1. The molecule has 1 N–H and O–H groups in total. The average Bonchev–Trinajstić information content (AvgIpc) is 2.66. The van der Waals surface area contributed by atoms with E-state index < -0.39 is 0 Å². The normalized spacial score (nSPS) is 12.7. The summed E-state index contributed by atoms with van der Waals surface area (Å²) in [6.45, 7) is 4.19. The summed E-state index contributed by atoms with van der Waals surface area (Å²) in [7, 11) is 1.99. The van der Waals surface area contributed by atoms with Gasteiger partial charge in [0, 0.05) is 26.3 Å². The van der Waals surface area contributed by atoms with Gasteiger partial charge in [-0.25, -0.2) is 4.98 Å². The van der Waals surface area contributed by atoms with Crippen molar-refractivity contribution in [2.75, 3.05) is 7.05 Å². The van der Waals surface area contributed by atoms with Crippen molar-refractivity contribution in [3.05, 3.63) is 48.3 Å². The van der Waals surface area contributed by atoms with E-state index in [0.717, 1.165) is 21.1 Å². The summed E-state index contributed by atoms with van der Waals surface area (Å²) in [6.07, 6.45) is 0.913. The molecule has 1 heterocycles. The number of thiazole rings is 1. The van der Waals surface area contributed by atoms with Crippen molar-refractivity contribution in [3.8, 4) is 0 Å². The van der Waals surface area contributed by atoms with Crippen molar-refractivity contribution < 1.29 is 0 Å². The smallest absolute Gasteiger partial charge is 0.0949 e. The number of likely N-dealkylation sites (N-methyl/N-ethyl adjacent to an activating group) is 1. The van der Waals surface area contributed by atoms with E-state index in [9.17, 15) is 0 Å². The van der Waals surface area contributed by atoms with Gasteiger partial charge in [-0.2, -0.15) is 0 Å². The second-order valence-electron chi connectivity index (χ2n) is 4.46. The third-order valence-corrected chi connectivity index (χ3v) is 5.41. The second kappa shape index (κ2) is 6.48. The van der Waals surface area contributed by atoms with Gasteiger partial charge in [0.1, 0.15) is 0 Å². The van der Waals surface area contributed by atoms with Gasteiger partial charge in [-0.15, -0.1) is 11.3 Å². The van der Waals surface area contributed by atoms with Crippen LogP contribution in [0, 0.1) is 13.8 Å². The highest BCUT2D eigenvalue weighted by Gasteiger charge is 2.16. The molecule has 0 aliphatic heterocycles. The van der Waals surface area contributed by atoms with E-state index >= 15 is 0 Å². The van der Waals surface area contributed by atoms with Gasteiger partial charge < -0.3 is 5.32 Å². The van der Waals surface area contributed by atoms with Gasteiger partial charge in [0.25, 0.3) is 0 Å². The Hall–Kier alpha value is -0.230. The van der Waals surface area contributed by atoms with Crippen LogP contribution in [0.15, 0.2) is 27.1 Å². The minimum atomic E-state index is 0.271. The number of halogens is 2. The predicted octanol–water partition coefficient (Wildman–Crippen LogP) is 4.79. The number of hydrogen-bond donors (Lipinski definition) is 1. The predicted molar refractivity (Wildman–Crippen MR) is 88.9 cm³/mol. The van der Waals surface area contributed by atoms with E-state index in [4.69, 9.17) is 0 Å². The maximum Gasteiger partial charge on any atom is 0.0949 e. The molecule has 2 nitrogen and oxygen atoms in total.